The Bertz CT molecular complexity index is 2410. The Labute approximate surface area is 243 Å². The van der Waals surface area contributed by atoms with Crippen LogP contribution in [0.5, 0.6) is 0 Å². The number of para-hydroxylation sites is 2. The average Bonchev–Trinajstić information content (AvgIpc) is 3.63. The van der Waals surface area contributed by atoms with Gasteiger partial charge in [-0.25, -0.2) is 0 Å². The first-order chi connectivity index (χ1) is 19.8. The van der Waals surface area contributed by atoms with Crippen LogP contribution in [0.3, 0.4) is 0 Å². The summed E-state index contributed by atoms with van der Waals surface area (Å²) in [5.74, 6) is 0. The summed E-state index contributed by atoms with van der Waals surface area (Å²) in [5.41, 5.74) is 11.5. The summed E-state index contributed by atoms with van der Waals surface area (Å²) in [5, 5.41) is 5.39. The maximum Gasteiger partial charge on any atom is 0.0754 e. The molecule has 0 saturated heterocycles. The van der Waals surface area contributed by atoms with Crippen molar-refractivity contribution in [2.45, 2.75) is 5.41 Å². The lowest BCUT2D eigenvalue weighted by Crippen LogP contribution is -2.33. The van der Waals surface area contributed by atoms with Crippen molar-refractivity contribution in [2.24, 2.45) is 0 Å². The van der Waals surface area contributed by atoms with E-state index in [1.807, 2.05) is 11.3 Å². The van der Waals surface area contributed by atoms with Crippen molar-refractivity contribution in [3.05, 3.63) is 148 Å². The van der Waals surface area contributed by atoms with E-state index in [9.17, 15) is 0 Å². The third kappa shape index (κ3) is 2.34. The van der Waals surface area contributed by atoms with Gasteiger partial charge >= 0.3 is 0 Å². The lowest BCUT2D eigenvalue weighted by Gasteiger charge is -2.39. The van der Waals surface area contributed by atoms with Crippen LogP contribution in [0.2, 0.25) is 0 Å². The molecule has 3 heteroatoms. The van der Waals surface area contributed by atoms with Crippen LogP contribution in [0.1, 0.15) is 22.3 Å². The Morgan fingerprint density at radius 2 is 1.32 bits per heavy atom. The quantitative estimate of drug-likeness (QED) is 0.166. The number of hydrogen-bond donors (Lipinski definition) is 0. The minimum absolute atomic E-state index is 0.393. The highest BCUT2D eigenvalue weighted by molar-refractivity contribution is 9.10. The monoisotopic (exact) mass is 589 g/mol. The summed E-state index contributed by atoms with van der Waals surface area (Å²) in [6, 6.07) is 45.4. The zero-order chi connectivity index (χ0) is 26.2. The van der Waals surface area contributed by atoms with Gasteiger partial charge in [0.15, 0.2) is 0 Å². The maximum atomic E-state index is 3.84. The van der Waals surface area contributed by atoms with Gasteiger partial charge in [-0.2, -0.15) is 0 Å². The van der Waals surface area contributed by atoms with Crippen LogP contribution in [0.15, 0.2) is 126 Å². The van der Waals surface area contributed by atoms with Crippen molar-refractivity contribution in [3.8, 4) is 16.8 Å². The van der Waals surface area contributed by atoms with Crippen molar-refractivity contribution >= 4 is 69.2 Å². The van der Waals surface area contributed by atoms with E-state index in [0.29, 0.717) is 0 Å². The number of aromatic nitrogens is 1. The van der Waals surface area contributed by atoms with Gasteiger partial charge in [-0.3, -0.25) is 0 Å². The van der Waals surface area contributed by atoms with E-state index in [1.54, 1.807) is 0 Å². The van der Waals surface area contributed by atoms with Crippen molar-refractivity contribution < 1.29 is 0 Å². The SMILES string of the molecule is Brc1ccc2c(c1)C1(c3ccccc3-2)c2ccccc2-n2c3ccc4c5ccccc5sc4c3c3cccc1c32. The molecule has 2 aromatic heterocycles. The molecule has 40 heavy (non-hydrogen) atoms. The molecule has 3 heterocycles. The van der Waals surface area contributed by atoms with E-state index in [1.165, 1.54) is 81.0 Å². The van der Waals surface area contributed by atoms with Crippen molar-refractivity contribution in [1.82, 2.24) is 4.57 Å². The van der Waals surface area contributed by atoms with Gasteiger partial charge in [0, 0.05) is 35.4 Å². The standard InChI is InChI=1S/C37H20BrNS/c38-21-16-17-23-22-8-1-3-11-27(22)37(30(23)20-21)28-12-4-5-14-31(28)39-32-19-18-25-24-9-2-6-15-33(24)40-36(25)34(32)26-10-7-13-29(37)35(26)39/h1-20H. The molecule has 0 fully saturated rings. The summed E-state index contributed by atoms with van der Waals surface area (Å²) in [4.78, 5) is 0. The van der Waals surface area contributed by atoms with E-state index in [0.717, 1.165) is 4.47 Å². The van der Waals surface area contributed by atoms with Crippen LogP contribution in [0.4, 0.5) is 0 Å². The summed E-state index contributed by atoms with van der Waals surface area (Å²) in [7, 11) is 0. The molecule has 8 aromatic rings. The zero-order valence-electron chi connectivity index (χ0n) is 21.3. The van der Waals surface area contributed by atoms with Crippen LogP contribution in [0.25, 0.3) is 58.8 Å². The summed E-state index contributed by atoms with van der Waals surface area (Å²) in [6.07, 6.45) is 0. The Morgan fingerprint density at radius 3 is 2.27 bits per heavy atom. The predicted octanol–water partition coefficient (Wildman–Crippen LogP) is 10.6. The molecule has 1 aliphatic heterocycles. The minimum Gasteiger partial charge on any atom is -0.309 e. The lowest BCUT2D eigenvalue weighted by molar-refractivity contribution is 0.748. The van der Waals surface area contributed by atoms with Crippen LogP contribution < -0.4 is 0 Å². The Hall–Kier alpha value is -4.18. The van der Waals surface area contributed by atoms with Crippen LogP contribution in [0, 0.1) is 0 Å². The Kier molecular flexibility index (Phi) is 3.95. The first kappa shape index (κ1) is 21.6. The van der Waals surface area contributed by atoms with E-state index in [4.69, 9.17) is 0 Å². The molecule has 186 valence electrons. The molecule has 10 rings (SSSR count). The molecule has 1 nitrogen and oxygen atoms in total. The fourth-order valence-corrected chi connectivity index (χ4v) is 9.47. The molecule has 6 aromatic carbocycles. The first-order valence-corrected chi connectivity index (χ1v) is 15.3. The number of thiophene rings is 1. The molecular formula is C37H20BrNS. The third-order valence-electron chi connectivity index (χ3n) is 9.25. The largest absolute Gasteiger partial charge is 0.309 e. The van der Waals surface area contributed by atoms with E-state index < -0.39 is 5.41 Å². The highest BCUT2D eigenvalue weighted by Crippen LogP contribution is 2.61. The minimum atomic E-state index is -0.393. The normalized spacial score (nSPS) is 16.7. The second-order valence-electron chi connectivity index (χ2n) is 11.0. The Morgan fingerprint density at radius 1 is 0.575 bits per heavy atom. The molecular weight excluding hydrogens is 570 g/mol. The molecule has 1 unspecified atom stereocenters. The Balaban J connectivity index is 1.48. The molecule has 1 aliphatic carbocycles. The summed E-state index contributed by atoms with van der Waals surface area (Å²) < 4.78 is 6.38. The number of fused-ring (bicyclic) bond motifs is 16. The summed E-state index contributed by atoms with van der Waals surface area (Å²) in [6.45, 7) is 0. The smallest absolute Gasteiger partial charge is 0.0754 e. The molecule has 2 aliphatic rings. The molecule has 0 N–H and O–H groups in total. The second-order valence-corrected chi connectivity index (χ2v) is 12.9. The second kappa shape index (κ2) is 7.31. The molecule has 0 radical (unpaired) electrons. The van der Waals surface area contributed by atoms with Crippen molar-refractivity contribution in [2.75, 3.05) is 0 Å². The zero-order valence-corrected chi connectivity index (χ0v) is 23.7. The first-order valence-electron chi connectivity index (χ1n) is 13.6. The summed E-state index contributed by atoms with van der Waals surface area (Å²) >= 11 is 5.76. The fourth-order valence-electron chi connectivity index (χ4n) is 7.85. The van der Waals surface area contributed by atoms with Gasteiger partial charge in [0.25, 0.3) is 0 Å². The van der Waals surface area contributed by atoms with Gasteiger partial charge in [-0.15, -0.1) is 11.3 Å². The van der Waals surface area contributed by atoms with Gasteiger partial charge in [-0.1, -0.05) is 107 Å². The van der Waals surface area contributed by atoms with Crippen LogP contribution >= 0.6 is 27.3 Å². The van der Waals surface area contributed by atoms with Crippen LogP contribution in [-0.4, -0.2) is 4.57 Å². The molecule has 0 bridgehead atoms. The lowest BCUT2D eigenvalue weighted by atomic mass is 9.65. The third-order valence-corrected chi connectivity index (χ3v) is 11.0. The van der Waals surface area contributed by atoms with Gasteiger partial charge in [0.1, 0.15) is 0 Å². The molecule has 1 atom stereocenters. The van der Waals surface area contributed by atoms with Crippen LogP contribution in [-0.2, 0) is 5.41 Å². The number of benzene rings is 6. The molecule has 0 saturated carbocycles. The number of nitrogens with zero attached hydrogens (tertiary/aromatic N) is 1. The average molecular weight is 591 g/mol. The maximum absolute atomic E-state index is 3.84. The highest BCUT2D eigenvalue weighted by Gasteiger charge is 2.50. The van der Waals surface area contributed by atoms with Gasteiger partial charge in [0.2, 0.25) is 0 Å². The van der Waals surface area contributed by atoms with E-state index in [2.05, 4.69) is 142 Å². The van der Waals surface area contributed by atoms with E-state index >= 15 is 0 Å². The van der Waals surface area contributed by atoms with Gasteiger partial charge in [0.05, 0.1) is 22.1 Å². The molecule has 0 amide bonds. The highest BCUT2D eigenvalue weighted by atomic mass is 79.9. The number of hydrogen-bond acceptors (Lipinski definition) is 1. The fraction of sp³-hybridized carbons (Fsp3) is 0.0270. The predicted molar refractivity (Wildman–Crippen MR) is 172 cm³/mol. The van der Waals surface area contributed by atoms with Gasteiger partial charge in [-0.05, 0) is 63.7 Å². The number of rotatable bonds is 0. The molecule has 1 spiro atoms. The van der Waals surface area contributed by atoms with E-state index in [-0.39, 0.29) is 0 Å². The topological polar surface area (TPSA) is 4.93 Å². The van der Waals surface area contributed by atoms with Crippen molar-refractivity contribution in [1.29, 1.82) is 0 Å². The number of halogens is 1. The van der Waals surface area contributed by atoms with Crippen molar-refractivity contribution in [3.63, 3.8) is 0 Å². The van der Waals surface area contributed by atoms with Gasteiger partial charge < -0.3 is 4.57 Å².